The Bertz CT molecular complexity index is 1340. The van der Waals surface area contributed by atoms with Gasteiger partial charge in [-0.15, -0.1) is 0 Å². The number of nitrogens with zero attached hydrogens (tertiary/aromatic N) is 1. The van der Waals surface area contributed by atoms with E-state index in [1.807, 2.05) is 24.3 Å². The van der Waals surface area contributed by atoms with E-state index in [9.17, 15) is 5.11 Å². The summed E-state index contributed by atoms with van der Waals surface area (Å²) in [7, 11) is 2.08. The van der Waals surface area contributed by atoms with Crippen LogP contribution in [0.2, 0.25) is 0 Å². The van der Waals surface area contributed by atoms with Gasteiger partial charge in [-0.3, -0.25) is 0 Å². The summed E-state index contributed by atoms with van der Waals surface area (Å²) in [5.41, 5.74) is 4.48. The van der Waals surface area contributed by atoms with E-state index in [1.165, 1.54) is 16.5 Å². The van der Waals surface area contributed by atoms with Crippen LogP contribution in [0.5, 0.6) is 5.75 Å². The Balaban J connectivity index is 1.88. The van der Waals surface area contributed by atoms with Crippen molar-refractivity contribution in [3.63, 3.8) is 0 Å². The van der Waals surface area contributed by atoms with Gasteiger partial charge in [0.15, 0.2) is 0 Å². The van der Waals surface area contributed by atoms with Gasteiger partial charge in [-0.05, 0) is 46.2 Å². The number of phenols is 1. The number of phenolic OH excluding ortho intramolecular Hbond substituents is 1. The summed E-state index contributed by atoms with van der Waals surface area (Å²) < 4.78 is 3.20. The predicted octanol–water partition coefficient (Wildman–Crippen LogP) is 6.98. The molecule has 1 heterocycles. The average molecular weight is 442 g/mol. The molecule has 1 atom stereocenters. The molecule has 0 bridgehead atoms. The number of benzene rings is 4. The summed E-state index contributed by atoms with van der Waals surface area (Å²) in [5.74, 6) is 0.244. The minimum Gasteiger partial charge on any atom is -0.508 e. The smallest absolute Gasteiger partial charge is 0.120 e. The molecule has 0 aliphatic rings. The highest BCUT2D eigenvalue weighted by Crippen LogP contribution is 2.44. The summed E-state index contributed by atoms with van der Waals surface area (Å²) in [5, 5.41) is 14.4. The van der Waals surface area contributed by atoms with E-state index >= 15 is 0 Å². The second-order valence-electron chi connectivity index (χ2n) is 7.42. The zero-order valence-corrected chi connectivity index (χ0v) is 17.6. The van der Waals surface area contributed by atoms with E-state index < -0.39 is 0 Å². The molecule has 0 saturated heterocycles. The van der Waals surface area contributed by atoms with E-state index in [0.717, 1.165) is 26.4 Å². The summed E-state index contributed by atoms with van der Waals surface area (Å²) in [6.07, 6.45) is 2.19. The first-order valence-corrected chi connectivity index (χ1v) is 10.4. The van der Waals surface area contributed by atoms with Crippen molar-refractivity contribution in [2.45, 2.75) is 5.92 Å². The molecular weight excluding hydrogens is 422 g/mol. The van der Waals surface area contributed by atoms with Crippen molar-refractivity contribution in [2.24, 2.45) is 7.05 Å². The van der Waals surface area contributed by atoms with E-state index in [1.54, 1.807) is 0 Å². The lowest BCUT2D eigenvalue weighted by Gasteiger charge is -2.21. The Morgan fingerprint density at radius 3 is 2.41 bits per heavy atom. The number of hydrogen-bond donors (Lipinski definition) is 1. The normalized spacial score (nSPS) is 12.5. The monoisotopic (exact) mass is 441 g/mol. The van der Waals surface area contributed by atoms with Gasteiger partial charge in [-0.25, -0.2) is 0 Å². The van der Waals surface area contributed by atoms with Gasteiger partial charge in [-0.1, -0.05) is 76.6 Å². The fraction of sp³-hybridized carbons (Fsp3) is 0.0769. The third-order valence-electron chi connectivity index (χ3n) is 5.66. The van der Waals surface area contributed by atoms with Crippen LogP contribution >= 0.6 is 15.9 Å². The third kappa shape index (κ3) is 3.02. The second kappa shape index (κ2) is 7.09. The molecule has 0 aliphatic carbocycles. The quantitative estimate of drug-likeness (QED) is 0.320. The van der Waals surface area contributed by atoms with Crippen molar-refractivity contribution in [3.8, 4) is 5.75 Å². The van der Waals surface area contributed by atoms with E-state index in [0.29, 0.717) is 5.75 Å². The molecule has 2 nitrogen and oxygen atoms in total. The van der Waals surface area contributed by atoms with Crippen molar-refractivity contribution in [1.82, 2.24) is 4.57 Å². The molecule has 0 fully saturated rings. The molecule has 29 heavy (non-hydrogen) atoms. The summed E-state index contributed by atoms with van der Waals surface area (Å²) in [4.78, 5) is 0. The predicted molar refractivity (Wildman–Crippen MR) is 124 cm³/mol. The SMILES string of the molecule is Cn1cc(C(c2ccccc2)c2c(O)ccc3cc(Br)ccc23)c2ccccc21. The molecule has 3 heteroatoms. The van der Waals surface area contributed by atoms with Crippen LogP contribution < -0.4 is 0 Å². The topological polar surface area (TPSA) is 25.2 Å². The van der Waals surface area contributed by atoms with Crippen LogP contribution in [-0.4, -0.2) is 9.67 Å². The highest BCUT2D eigenvalue weighted by atomic mass is 79.9. The van der Waals surface area contributed by atoms with Gasteiger partial charge in [0.1, 0.15) is 5.75 Å². The number of hydrogen-bond acceptors (Lipinski definition) is 1. The molecule has 0 saturated carbocycles. The van der Waals surface area contributed by atoms with Crippen LogP contribution in [-0.2, 0) is 7.05 Å². The van der Waals surface area contributed by atoms with Crippen molar-refractivity contribution < 1.29 is 5.11 Å². The zero-order valence-electron chi connectivity index (χ0n) is 16.0. The Kier molecular flexibility index (Phi) is 4.40. The lowest BCUT2D eigenvalue weighted by atomic mass is 9.82. The molecule has 0 spiro atoms. The largest absolute Gasteiger partial charge is 0.508 e. The first kappa shape index (κ1) is 18.0. The minimum absolute atomic E-state index is 0.0767. The van der Waals surface area contributed by atoms with Gasteiger partial charge in [-0.2, -0.15) is 0 Å². The van der Waals surface area contributed by atoms with E-state index in [-0.39, 0.29) is 5.92 Å². The number of rotatable bonds is 3. The Labute approximate surface area is 178 Å². The molecule has 1 N–H and O–H groups in total. The molecule has 5 rings (SSSR count). The van der Waals surface area contributed by atoms with Crippen molar-refractivity contribution in [3.05, 3.63) is 112 Å². The second-order valence-corrected chi connectivity index (χ2v) is 8.34. The Morgan fingerprint density at radius 2 is 1.59 bits per heavy atom. The van der Waals surface area contributed by atoms with Crippen molar-refractivity contribution in [2.75, 3.05) is 0 Å². The van der Waals surface area contributed by atoms with Crippen molar-refractivity contribution in [1.29, 1.82) is 0 Å². The lowest BCUT2D eigenvalue weighted by molar-refractivity contribution is 0.468. The molecule has 5 aromatic rings. The fourth-order valence-corrected chi connectivity index (χ4v) is 4.75. The minimum atomic E-state index is -0.0767. The van der Waals surface area contributed by atoms with Crippen molar-refractivity contribution >= 4 is 37.6 Å². The maximum atomic E-state index is 11.0. The van der Waals surface area contributed by atoms with Crippen LogP contribution in [0, 0.1) is 0 Å². The first-order chi connectivity index (χ1) is 14.1. The van der Waals surface area contributed by atoms with Crippen LogP contribution in [0.1, 0.15) is 22.6 Å². The maximum absolute atomic E-state index is 11.0. The maximum Gasteiger partial charge on any atom is 0.120 e. The molecule has 1 unspecified atom stereocenters. The van der Waals surface area contributed by atoms with Gasteiger partial charge in [0.05, 0.1) is 0 Å². The summed E-state index contributed by atoms with van der Waals surface area (Å²) in [6.45, 7) is 0. The van der Waals surface area contributed by atoms with Crippen LogP contribution in [0.15, 0.2) is 95.6 Å². The molecule has 1 aromatic heterocycles. The van der Waals surface area contributed by atoms with Gasteiger partial charge in [0.2, 0.25) is 0 Å². The standard InChI is InChI=1S/C26H20BrNO/c1-28-16-22(21-9-5-6-10-23(21)28)25(17-7-3-2-4-8-17)26-20-13-12-19(27)15-18(20)11-14-24(26)29/h2-16,25,29H,1H3. The number of aryl methyl sites for hydroxylation is 1. The van der Waals surface area contributed by atoms with Gasteiger partial charge >= 0.3 is 0 Å². The zero-order chi connectivity index (χ0) is 20.0. The fourth-order valence-electron chi connectivity index (χ4n) is 4.37. The summed E-state index contributed by atoms with van der Waals surface area (Å²) in [6, 6.07) is 28.9. The number of para-hydroxylation sites is 1. The summed E-state index contributed by atoms with van der Waals surface area (Å²) >= 11 is 3.57. The van der Waals surface area contributed by atoms with Gasteiger partial charge in [0, 0.05) is 40.1 Å². The molecule has 4 aromatic carbocycles. The number of halogens is 1. The molecule has 142 valence electrons. The van der Waals surface area contributed by atoms with Gasteiger partial charge < -0.3 is 9.67 Å². The van der Waals surface area contributed by atoms with Crippen LogP contribution in [0.25, 0.3) is 21.7 Å². The Morgan fingerprint density at radius 1 is 0.828 bits per heavy atom. The van der Waals surface area contributed by atoms with Gasteiger partial charge in [0.25, 0.3) is 0 Å². The number of aromatic hydroxyl groups is 1. The van der Waals surface area contributed by atoms with Crippen LogP contribution in [0.4, 0.5) is 0 Å². The third-order valence-corrected chi connectivity index (χ3v) is 6.15. The Hall–Kier alpha value is -3.04. The lowest BCUT2D eigenvalue weighted by Crippen LogP contribution is -2.04. The number of fused-ring (bicyclic) bond motifs is 2. The molecular formula is C26H20BrNO. The van der Waals surface area contributed by atoms with E-state index in [2.05, 4.69) is 94.4 Å². The van der Waals surface area contributed by atoms with E-state index in [4.69, 9.17) is 0 Å². The first-order valence-electron chi connectivity index (χ1n) is 9.63. The highest BCUT2D eigenvalue weighted by Gasteiger charge is 2.25. The molecule has 0 aliphatic heterocycles. The van der Waals surface area contributed by atoms with Crippen LogP contribution in [0.3, 0.4) is 0 Å². The molecule has 0 radical (unpaired) electrons. The average Bonchev–Trinajstić information content (AvgIpc) is 3.07. The number of aromatic nitrogens is 1. The molecule has 0 amide bonds. The highest BCUT2D eigenvalue weighted by molar-refractivity contribution is 9.10.